The third-order valence-electron chi connectivity index (χ3n) is 2.48. The summed E-state index contributed by atoms with van der Waals surface area (Å²) in [5.41, 5.74) is 0.668. The Morgan fingerprint density at radius 3 is 2.95 bits per heavy atom. The van der Waals surface area contributed by atoms with E-state index >= 15 is 0 Å². The highest BCUT2D eigenvalue weighted by molar-refractivity contribution is 5.70. The van der Waals surface area contributed by atoms with E-state index in [-0.39, 0.29) is 18.6 Å². The maximum atomic E-state index is 13.8. The molecule has 0 aliphatic carbocycles. The average molecular weight is 267 g/mol. The highest BCUT2D eigenvalue weighted by atomic mass is 19.1. The topological polar surface area (TPSA) is 58.6 Å². The van der Waals surface area contributed by atoms with Gasteiger partial charge in [0.1, 0.15) is 5.82 Å². The van der Waals surface area contributed by atoms with Crippen LogP contribution in [0.4, 0.5) is 10.1 Å². The molecular weight excluding hydrogens is 249 g/mol. The van der Waals surface area contributed by atoms with E-state index in [1.165, 1.54) is 12.1 Å². The second kappa shape index (κ2) is 7.53. The quantitative estimate of drug-likeness (QED) is 0.588. The zero-order chi connectivity index (χ0) is 14.3. The number of benzene rings is 1. The van der Waals surface area contributed by atoms with Crippen LogP contribution in [0.1, 0.15) is 25.0 Å². The van der Waals surface area contributed by atoms with Crippen LogP contribution in [0, 0.1) is 5.82 Å². The van der Waals surface area contributed by atoms with E-state index in [9.17, 15) is 14.3 Å². The van der Waals surface area contributed by atoms with Crippen molar-refractivity contribution in [1.29, 1.82) is 0 Å². The Morgan fingerprint density at radius 1 is 1.63 bits per heavy atom. The molecule has 0 aliphatic heterocycles. The maximum absolute atomic E-state index is 13.8. The van der Waals surface area contributed by atoms with Crippen LogP contribution in [0.15, 0.2) is 30.9 Å². The van der Waals surface area contributed by atoms with Crippen LogP contribution in [-0.2, 0) is 9.53 Å². The van der Waals surface area contributed by atoms with Crippen molar-refractivity contribution in [1.82, 2.24) is 0 Å². The summed E-state index contributed by atoms with van der Waals surface area (Å²) in [6, 6.07) is 4.36. The Kier molecular flexibility index (Phi) is 6.02. The van der Waals surface area contributed by atoms with Crippen molar-refractivity contribution in [2.75, 3.05) is 18.5 Å². The van der Waals surface area contributed by atoms with Crippen molar-refractivity contribution < 1.29 is 19.0 Å². The van der Waals surface area contributed by atoms with Crippen molar-refractivity contribution in [3.63, 3.8) is 0 Å². The molecule has 1 rings (SSSR count). The second-order valence-corrected chi connectivity index (χ2v) is 3.93. The summed E-state index contributed by atoms with van der Waals surface area (Å²) in [4.78, 5) is 11.2. The Bertz CT molecular complexity index is 448. The monoisotopic (exact) mass is 267 g/mol. The van der Waals surface area contributed by atoms with Gasteiger partial charge in [-0.15, -0.1) is 6.58 Å². The summed E-state index contributed by atoms with van der Waals surface area (Å²) >= 11 is 0. The number of nitrogens with one attached hydrogen (secondary N) is 1. The second-order valence-electron chi connectivity index (χ2n) is 3.93. The van der Waals surface area contributed by atoms with Gasteiger partial charge in [0.2, 0.25) is 0 Å². The molecule has 0 radical (unpaired) electrons. The third-order valence-corrected chi connectivity index (χ3v) is 2.48. The number of hydrogen-bond donors (Lipinski definition) is 2. The third kappa shape index (κ3) is 4.71. The van der Waals surface area contributed by atoms with Gasteiger partial charge in [0.25, 0.3) is 0 Å². The SMILES string of the molecule is C=CCNc1ccc(C(O)CC(=O)OCC)c(F)c1. The number of ether oxygens (including phenoxy) is 1. The van der Waals surface area contributed by atoms with Gasteiger partial charge in [0.05, 0.1) is 19.1 Å². The molecular formula is C14H18FNO3. The smallest absolute Gasteiger partial charge is 0.308 e. The molecule has 0 amide bonds. The van der Waals surface area contributed by atoms with Gasteiger partial charge in [-0.05, 0) is 19.1 Å². The lowest BCUT2D eigenvalue weighted by Gasteiger charge is -2.12. The molecule has 0 fully saturated rings. The number of carbonyl (C=O) groups excluding carboxylic acids is 1. The Balaban J connectivity index is 2.72. The standard InChI is InChI=1S/C14H18FNO3/c1-3-7-16-10-5-6-11(12(15)8-10)13(17)9-14(18)19-4-2/h3,5-6,8,13,16-17H,1,4,7,9H2,2H3. The van der Waals surface area contributed by atoms with Gasteiger partial charge in [0.15, 0.2) is 0 Å². The van der Waals surface area contributed by atoms with Crippen molar-refractivity contribution in [2.45, 2.75) is 19.4 Å². The summed E-state index contributed by atoms with van der Waals surface area (Å²) in [6.45, 7) is 5.97. The van der Waals surface area contributed by atoms with Crippen LogP contribution < -0.4 is 5.32 Å². The van der Waals surface area contributed by atoms with E-state index in [1.54, 1.807) is 19.1 Å². The van der Waals surface area contributed by atoms with E-state index < -0.39 is 17.9 Å². The summed E-state index contributed by atoms with van der Waals surface area (Å²) in [7, 11) is 0. The molecule has 0 bridgehead atoms. The van der Waals surface area contributed by atoms with Crippen LogP contribution in [0.5, 0.6) is 0 Å². The fraction of sp³-hybridized carbons (Fsp3) is 0.357. The van der Waals surface area contributed by atoms with Crippen molar-refractivity contribution >= 4 is 11.7 Å². The molecule has 0 aliphatic rings. The number of carbonyl (C=O) groups is 1. The first-order chi connectivity index (χ1) is 9.08. The lowest BCUT2D eigenvalue weighted by atomic mass is 10.1. The molecule has 1 aromatic rings. The normalized spacial score (nSPS) is 11.7. The Labute approximate surface area is 111 Å². The summed E-state index contributed by atoms with van der Waals surface area (Å²) in [5.74, 6) is -1.12. The number of esters is 1. The molecule has 1 unspecified atom stereocenters. The molecule has 4 nitrogen and oxygen atoms in total. The minimum absolute atomic E-state index is 0.0807. The summed E-state index contributed by atoms with van der Waals surface area (Å²) in [5, 5.41) is 12.7. The molecule has 0 saturated carbocycles. The maximum Gasteiger partial charge on any atom is 0.308 e. The van der Waals surface area contributed by atoms with Crippen LogP contribution >= 0.6 is 0 Å². The molecule has 0 saturated heterocycles. The van der Waals surface area contributed by atoms with Gasteiger partial charge in [-0.25, -0.2) is 4.39 Å². The molecule has 104 valence electrons. The molecule has 2 N–H and O–H groups in total. The van der Waals surface area contributed by atoms with Crippen LogP contribution in [0.25, 0.3) is 0 Å². The zero-order valence-electron chi connectivity index (χ0n) is 10.9. The number of anilines is 1. The first-order valence-corrected chi connectivity index (χ1v) is 6.06. The van der Waals surface area contributed by atoms with E-state index in [2.05, 4.69) is 11.9 Å². The minimum Gasteiger partial charge on any atom is -0.466 e. The number of hydrogen-bond acceptors (Lipinski definition) is 4. The molecule has 1 aromatic carbocycles. The van der Waals surface area contributed by atoms with Crippen LogP contribution in [0.3, 0.4) is 0 Å². The zero-order valence-corrected chi connectivity index (χ0v) is 10.9. The Hall–Kier alpha value is -1.88. The molecule has 5 heteroatoms. The van der Waals surface area contributed by atoms with Crippen LogP contribution in [0.2, 0.25) is 0 Å². The predicted octanol–water partition coefficient (Wildman–Crippen LogP) is 2.41. The van der Waals surface area contributed by atoms with Gasteiger partial charge in [-0.2, -0.15) is 0 Å². The van der Waals surface area contributed by atoms with Gasteiger partial charge in [-0.1, -0.05) is 12.1 Å². The molecule has 0 aromatic heterocycles. The highest BCUT2D eigenvalue weighted by Crippen LogP contribution is 2.23. The molecule has 0 heterocycles. The predicted molar refractivity (Wildman–Crippen MR) is 71.3 cm³/mol. The number of aliphatic hydroxyl groups excluding tert-OH is 1. The first kappa shape index (κ1) is 15.2. The number of halogens is 1. The Morgan fingerprint density at radius 2 is 2.37 bits per heavy atom. The van der Waals surface area contributed by atoms with Crippen molar-refractivity contribution in [2.24, 2.45) is 0 Å². The van der Waals surface area contributed by atoms with E-state index in [4.69, 9.17) is 4.74 Å². The van der Waals surface area contributed by atoms with Crippen molar-refractivity contribution in [3.8, 4) is 0 Å². The largest absolute Gasteiger partial charge is 0.466 e. The van der Waals surface area contributed by atoms with Gasteiger partial charge < -0.3 is 15.2 Å². The van der Waals surface area contributed by atoms with E-state index in [0.29, 0.717) is 12.2 Å². The van der Waals surface area contributed by atoms with E-state index in [0.717, 1.165) is 0 Å². The highest BCUT2D eigenvalue weighted by Gasteiger charge is 2.17. The van der Waals surface area contributed by atoms with Crippen molar-refractivity contribution in [3.05, 3.63) is 42.2 Å². The van der Waals surface area contributed by atoms with Gasteiger partial charge in [-0.3, -0.25) is 4.79 Å². The average Bonchev–Trinajstić information content (AvgIpc) is 2.36. The molecule has 0 spiro atoms. The van der Waals surface area contributed by atoms with Gasteiger partial charge >= 0.3 is 5.97 Å². The van der Waals surface area contributed by atoms with Crippen LogP contribution in [-0.4, -0.2) is 24.2 Å². The molecule has 19 heavy (non-hydrogen) atoms. The summed E-state index contributed by atoms with van der Waals surface area (Å²) in [6.07, 6.45) is 0.193. The van der Waals surface area contributed by atoms with E-state index in [1.807, 2.05) is 0 Å². The van der Waals surface area contributed by atoms with Gasteiger partial charge in [0, 0.05) is 17.8 Å². The molecule has 1 atom stereocenters. The fourth-order valence-electron chi connectivity index (χ4n) is 1.59. The number of rotatable bonds is 7. The lowest BCUT2D eigenvalue weighted by Crippen LogP contribution is -2.11. The number of aliphatic hydroxyl groups is 1. The fourth-order valence-corrected chi connectivity index (χ4v) is 1.59. The summed E-state index contributed by atoms with van der Waals surface area (Å²) < 4.78 is 18.5. The minimum atomic E-state index is -1.20. The lowest BCUT2D eigenvalue weighted by molar-refractivity contribution is -0.145. The first-order valence-electron chi connectivity index (χ1n) is 6.06.